The molecule has 1 aromatic carbocycles. The Hall–Kier alpha value is -1.37. The highest BCUT2D eigenvalue weighted by Gasteiger charge is 2.33. The van der Waals surface area contributed by atoms with E-state index in [9.17, 15) is 5.26 Å². The molecule has 0 aliphatic rings. The Bertz CT molecular complexity index is 438. The lowest BCUT2D eigenvalue weighted by Crippen LogP contribution is -2.51. The minimum absolute atomic E-state index is 0.481. The van der Waals surface area contributed by atoms with Crippen LogP contribution < -0.4 is 5.32 Å². The van der Waals surface area contributed by atoms with Crippen molar-refractivity contribution in [2.75, 3.05) is 20.1 Å². The smallest absolute Gasteiger partial charge is 0.145 e. The summed E-state index contributed by atoms with van der Waals surface area (Å²) in [6.07, 6.45) is 3.34. The van der Waals surface area contributed by atoms with Crippen molar-refractivity contribution < 1.29 is 0 Å². The van der Waals surface area contributed by atoms with Crippen molar-refractivity contribution in [3.8, 4) is 6.07 Å². The van der Waals surface area contributed by atoms with Gasteiger partial charge in [0.25, 0.3) is 0 Å². The fourth-order valence-electron chi connectivity index (χ4n) is 2.62. The average molecular weight is 287 g/mol. The van der Waals surface area contributed by atoms with Gasteiger partial charge in [0, 0.05) is 12.6 Å². The lowest BCUT2D eigenvalue weighted by molar-refractivity contribution is 0.192. The van der Waals surface area contributed by atoms with Gasteiger partial charge in [-0.1, -0.05) is 50.6 Å². The van der Waals surface area contributed by atoms with Gasteiger partial charge in [-0.2, -0.15) is 5.26 Å². The van der Waals surface area contributed by atoms with Crippen LogP contribution in [0.3, 0.4) is 0 Å². The van der Waals surface area contributed by atoms with E-state index in [0.717, 1.165) is 24.9 Å². The molecule has 3 nitrogen and oxygen atoms in total. The molecule has 0 bridgehead atoms. The second kappa shape index (κ2) is 8.81. The highest BCUT2D eigenvalue weighted by Crippen LogP contribution is 2.23. The van der Waals surface area contributed by atoms with Gasteiger partial charge in [-0.15, -0.1) is 0 Å². The van der Waals surface area contributed by atoms with Crippen LogP contribution in [0.4, 0.5) is 0 Å². The van der Waals surface area contributed by atoms with Gasteiger partial charge in [-0.25, -0.2) is 0 Å². The molecule has 0 aliphatic heterocycles. The largest absolute Gasteiger partial charge is 0.300 e. The van der Waals surface area contributed by atoms with Crippen LogP contribution in [0.1, 0.15) is 45.6 Å². The molecule has 2 atom stereocenters. The van der Waals surface area contributed by atoms with Crippen molar-refractivity contribution in [3.63, 3.8) is 0 Å². The third-order valence-corrected chi connectivity index (χ3v) is 4.08. The Morgan fingerprint density at radius 3 is 2.43 bits per heavy atom. The number of hydrogen-bond acceptors (Lipinski definition) is 3. The molecule has 0 heterocycles. The predicted molar refractivity (Wildman–Crippen MR) is 89.0 cm³/mol. The highest BCUT2D eigenvalue weighted by molar-refractivity contribution is 5.32. The molecule has 1 N–H and O–H groups in total. The molecule has 0 spiro atoms. The topological polar surface area (TPSA) is 39.1 Å². The molecule has 1 rings (SSSR count). The van der Waals surface area contributed by atoms with Gasteiger partial charge in [0.15, 0.2) is 0 Å². The van der Waals surface area contributed by atoms with Crippen LogP contribution in [0.25, 0.3) is 0 Å². The van der Waals surface area contributed by atoms with Gasteiger partial charge in [0.1, 0.15) is 5.54 Å². The Kier molecular flexibility index (Phi) is 7.42. The van der Waals surface area contributed by atoms with E-state index in [4.69, 9.17) is 0 Å². The molecule has 116 valence electrons. The lowest BCUT2D eigenvalue weighted by Gasteiger charge is -2.35. The summed E-state index contributed by atoms with van der Waals surface area (Å²) in [5, 5.41) is 13.4. The van der Waals surface area contributed by atoms with Crippen molar-refractivity contribution in [3.05, 3.63) is 35.9 Å². The van der Waals surface area contributed by atoms with E-state index in [1.165, 1.54) is 6.42 Å². The first-order valence-corrected chi connectivity index (χ1v) is 8.01. The highest BCUT2D eigenvalue weighted by atomic mass is 15.2. The summed E-state index contributed by atoms with van der Waals surface area (Å²) < 4.78 is 0. The van der Waals surface area contributed by atoms with Crippen LogP contribution in [-0.4, -0.2) is 31.1 Å². The molecule has 0 radical (unpaired) electrons. The lowest BCUT2D eigenvalue weighted by atomic mass is 9.90. The summed E-state index contributed by atoms with van der Waals surface area (Å²) in [5.74, 6) is 0. The van der Waals surface area contributed by atoms with Crippen LogP contribution in [-0.2, 0) is 5.54 Å². The van der Waals surface area contributed by atoms with Gasteiger partial charge < -0.3 is 4.90 Å². The molecule has 0 amide bonds. The van der Waals surface area contributed by atoms with Crippen molar-refractivity contribution in [1.29, 1.82) is 5.26 Å². The summed E-state index contributed by atoms with van der Waals surface area (Å²) >= 11 is 0. The van der Waals surface area contributed by atoms with Gasteiger partial charge >= 0.3 is 0 Å². The fraction of sp³-hybridized carbons (Fsp3) is 0.611. The van der Waals surface area contributed by atoms with Gasteiger partial charge in [0.2, 0.25) is 0 Å². The summed E-state index contributed by atoms with van der Waals surface area (Å²) in [7, 11) is 2.11. The zero-order valence-electron chi connectivity index (χ0n) is 13.9. The fourth-order valence-corrected chi connectivity index (χ4v) is 2.62. The molecule has 0 aromatic heterocycles. The van der Waals surface area contributed by atoms with E-state index in [-0.39, 0.29) is 0 Å². The van der Waals surface area contributed by atoms with Crippen molar-refractivity contribution >= 4 is 0 Å². The Balaban J connectivity index is 2.99. The monoisotopic (exact) mass is 287 g/mol. The average Bonchev–Trinajstić information content (AvgIpc) is 2.52. The van der Waals surface area contributed by atoms with Gasteiger partial charge in [-0.3, -0.25) is 5.32 Å². The number of nitrogens with zero attached hydrogens (tertiary/aromatic N) is 2. The molecule has 3 heteroatoms. The number of likely N-dealkylation sites (N-methyl/N-ethyl adjacent to an activating group) is 1. The maximum atomic E-state index is 9.88. The van der Waals surface area contributed by atoms with Gasteiger partial charge in [0.05, 0.1) is 6.07 Å². The molecule has 0 fully saturated rings. The maximum Gasteiger partial charge on any atom is 0.145 e. The maximum absolute atomic E-state index is 9.88. The zero-order valence-corrected chi connectivity index (χ0v) is 13.9. The Morgan fingerprint density at radius 1 is 1.24 bits per heavy atom. The summed E-state index contributed by atoms with van der Waals surface area (Å²) in [4.78, 5) is 2.29. The first-order chi connectivity index (χ1) is 10.1. The number of rotatable bonds is 9. The molecule has 0 saturated heterocycles. The first kappa shape index (κ1) is 17.7. The molecule has 21 heavy (non-hydrogen) atoms. The van der Waals surface area contributed by atoms with E-state index in [1.807, 2.05) is 30.3 Å². The minimum Gasteiger partial charge on any atom is -0.300 e. The molecule has 2 unspecified atom stereocenters. The second-order valence-corrected chi connectivity index (χ2v) is 5.86. The SMILES string of the molecule is CCCNC(C#N)(CN(C)C(C)CCC)c1ccccc1. The summed E-state index contributed by atoms with van der Waals surface area (Å²) in [6, 6.07) is 13.1. The van der Waals surface area contributed by atoms with E-state index < -0.39 is 5.54 Å². The van der Waals surface area contributed by atoms with Crippen LogP contribution in [0.2, 0.25) is 0 Å². The van der Waals surface area contributed by atoms with Crippen molar-refractivity contribution in [1.82, 2.24) is 10.2 Å². The number of hydrogen-bond donors (Lipinski definition) is 1. The second-order valence-electron chi connectivity index (χ2n) is 5.86. The molecule has 1 aromatic rings. The van der Waals surface area contributed by atoms with Crippen molar-refractivity contribution in [2.45, 2.75) is 51.6 Å². The van der Waals surface area contributed by atoms with Crippen LogP contribution in [0, 0.1) is 11.3 Å². The van der Waals surface area contributed by atoms with Crippen LogP contribution >= 0.6 is 0 Å². The van der Waals surface area contributed by atoms with Gasteiger partial charge in [-0.05, 0) is 38.9 Å². The Labute approximate surface area is 130 Å². The van der Waals surface area contributed by atoms with E-state index in [2.05, 4.69) is 44.1 Å². The first-order valence-electron chi connectivity index (χ1n) is 8.01. The standard InChI is InChI=1S/C18H29N3/c1-5-10-16(3)21(4)15-18(14-19,20-13-6-2)17-11-8-7-9-12-17/h7-9,11-12,16,20H,5-6,10,13,15H2,1-4H3. The molecular formula is C18H29N3. The predicted octanol–water partition coefficient (Wildman–Crippen LogP) is 3.53. The normalized spacial score (nSPS) is 15.4. The van der Waals surface area contributed by atoms with E-state index in [1.54, 1.807) is 0 Å². The third kappa shape index (κ3) is 4.84. The summed E-state index contributed by atoms with van der Waals surface area (Å²) in [5.41, 5.74) is 0.421. The summed E-state index contributed by atoms with van der Waals surface area (Å²) in [6.45, 7) is 8.11. The molecule has 0 saturated carbocycles. The molecule has 0 aliphatic carbocycles. The minimum atomic E-state index is -0.631. The van der Waals surface area contributed by atoms with Crippen LogP contribution in [0.15, 0.2) is 30.3 Å². The quantitative estimate of drug-likeness (QED) is 0.755. The zero-order chi connectivity index (χ0) is 15.7. The van der Waals surface area contributed by atoms with E-state index in [0.29, 0.717) is 12.6 Å². The third-order valence-electron chi connectivity index (χ3n) is 4.08. The van der Waals surface area contributed by atoms with E-state index >= 15 is 0 Å². The number of nitriles is 1. The number of nitrogens with one attached hydrogen (secondary N) is 1. The Morgan fingerprint density at radius 2 is 1.90 bits per heavy atom. The molecular weight excluding hydrogens is 258 g/mol. The van der Waals surface area contributed by atoms with Crippen LogP contribution in [0.5, 0.6) is 0 Å². The number of benzene rings is 1. The van der Waals surface area contributed by atoms with Crippen molar-refractivity contribution in [2.24, 2.45) is 0 Å².